The number of rotatable bonds is 6. The summed E-state index contributed by atoms with van der Waals surface area (Å²) in [6.07, 6.45) is 1.84. The van der Waals surface area contributed by atoms with Crippen molar-refractivity contribution in [2.75, 3.05) is 27.1 Å². The topological polar surface area (TPSA) is 30.8 Å². The molecule has 0 saturated heterocycles. The molecule has 0 aliphatic rings. The maximum atomic E-state index is 5.08. The monoisotopic (exact) mass is 193 g/mol. The summed E-state index contributed by atoms with van der Waals surface area (Å²) in [5, 5.41) is 0. The van der Waals surface area contributed by atoms with Crippen LogP contribution in [0.5, 0.6) is 0 Å². The number of methoxy groups -OCH3 is 1. The first-order chi connectivity index (χ1) is 6.93. The van der Waals surface area contributed by atoms with Crippen LogP contribution in [0.2, 0.25) is 0 Å². The van der Waals surface area contributed by atoms with Gasteiger partial charge in [0.25, 0.3) is 0 Å². The zero-order valence-electron chi connectivity index (χ0n) is 8.35. The van der Waals surface area contributed by atoms with Crippen LogP contribution in [0.25, 0.3) is 0 Å². The first-order valence-corrected chi connectivity index (χ1v) is 4.55. The number of hydrogen-bond acceptors (Lipinski definition) is 3. The van der Waals surface area contributed by atoms with Crippen LogP contribution in [-0.4, -0.2) is 33.3 Å². The molecule has 1 aromatic rings. The van der Waals surface area contributed by atoms with E-state index in [9.17, 15) is 0 Å². The molecule has 0 atom stereocenters. The average Bonchev–Trinajstić information content (AvgIpc) is 2.25. The second-order valence-electron chi connectivity index (χ2n) is 2.76. The molecule has 0 saturated carbocycles. The fourth-order valence-corrected chi connectivity index (χ4v) is 0.969. The van der Waals surface area contributed by atoms with E-state index >= 15 is 0 Å². The standard InChI is InChI=1S/C11H15NO2/c1-13-10-14-8-7-12-9-11-5-3-2-4-6-11/h2-6,9H,7-8,10H2,1H3. The molecule has 0 radical (unpaired) electrons. The molecule has 0 heterocycles. The Hall–Kier alpha value is -1.19. The van der Waals surface area contributed by atoms with Crippen molar-refractivity contribution in [3.63, 3.8) is 0 Å². The van der Waals surface area contributed by atoms with Crippen molar-refractivity contribution in [2.24, 2.45) is 4.99 Å². The van der Waals surface area contributed by atoms with Gasteiger partial charge in [-0.15, -0.1) is 0 Å². The average molecular weight is 193 g/mol. The summed E-state index contributed by atoms with van der Waals surface area (Å²) in [5.41, 5.74) is 1.11. The van der Waals surface area contributed by atoms with Crippen molar-refractivity contribution in [1.29, 1.82) is 0 Å². The van der Waals surface area contributed by atoms with Crippen molar-refractivity contribution in [2.45, 2.75) is 0 Å². The van der Waals surface area contributed by atoms with Gasteiger partial charge in [0, 0.05) is 13.3 Å². The summed E-state index contributed by atoms with van der Waals surface area (Å²) in [4.78, 5) is 4.21. The molecule has 3 heteroatoms. The Labute approximate surface area is 84.4 Å². The molecule has 1 aromatic carbocycles. The molecule has 0 fully saturated rings. The van der Waals surface area contributed by atoms with Gasteiger partial charge in [0.1, 0.15) is 6.79 Å². The van der Waals surface area contributed by atoms with E-state index in [0.717, 1.165) is 5.56 Å². The maximum absolute atomic E-state index is 5.08. The highest BCUT2D eigenvalue weighted by Crippen LogP contribution is 1.93. The normalized spacial score (nSPS) is 10.9. The van der Waals surface area contributed by atoms with Crippen LogP contribution in [0, 0.1) is 0 Å². The van der Waals surface area contributed by atoms with Crippen molar-refractivity contribution in [3.8, 4) is 0 Å². The third kappa shape index (κ3) is 4.74. The van der Waals surface area contributed by atoms with E-state index in [4.69, 9.17) is 9.47 Å². The molecule has 0 aromatic heterocycles. The van der Waals surface area contributed by atoms with E-state index in [1.165, 1.54) is 0 Å². The molecule has 0 bridgehead atoms. The van der Waals surface area contributed by atoms with Crippen LogP contribution < -0.4 is 0 Å². The first-order valence-electron chi connectivity index (χ1n) is 4.55. The lowest BCUT2D eigenvalue weighted by molar-refractivity contribution is -0.0270. The molecule has 0 aliphatic heterocycles. The van der Waals surface area contributed by atoms with E-state index in [1.807, 2.05) is 36.5 Å². The highest BCUT2D eigenvalue weighted by atomic mass is 16.7. The van der Waals surface area contributed by atoms with E-state index in [2.05, 4.69) is 4.99 Å². The Morgan fingerprint density at radius 1 is 1.29 bits per heavy atom. The molecule has 0 aliphatic carbocycles. The van der Waals surface area contributed by atoms with Crippen LogP contribution in [0.4, 0.5) is 0 Å². The lowest BCUT2D eigenvalue weighted by atomic mass is 10.2. The molecule has 0 unspecified atom stereocenters. The first kappa shape index (κ1) is 10.9. The van der Waals surface area contributed by atoms with Gasteiger partial charge in [-0.05, 0) is 5.56 Å². The predicted octanol–water partition coefficient (Wildman–Crippen LogP) is 1.73. The molecule has 3 nitrogen and oxygen atoms in total. The van der Waals surface area contributed by atoms with Crippen LogP contribution >= 0.6 is 0 Å². The van der Waals surface area contributed by atoms with Crippen molar-refractivity contribution in [1.82, 2.24) is 0 Å². The third-order valence-corrected chi connectivity index (χ3v) is 1.61. The smallest absolute Gasteiger partial charge is 0.146 e. The minimum Gasteiger partial charge on any atom is -0.359 e. The minimum absolute atomic E-state index is 0.334. The summed E-state index contributed by atoms with van der Waals surface area (Å²) in [5.74, 6) is 0. The number of benzene rings is 1. The van der Waals surface area contributed by atoms with Gasteiger partial charge in [0.2, 0.25) is 0 Å². The highest BCUT2D eigenvalue weighted by molar-refractivity contribution is 5.79. The summed E-state index contributed by atoms with van der Waals surface area (Å²) < 4.78 is 9.82. The van der Waals surface area contributed by atoms with Gasteiger partial charge in [-0.25, -0.2) is 0 Å². The van der Waals surface area contributed by atoms with E-state index in [-0.39, 0.29) is 0 Å². The SMILES string of the molecule is COCOCCN=Cc1ccccc1. The molecule has 0 amide bonds. The molecule has 0 spiro atoms. The Bertz CT molecular complexity index is 259. The van der Waals surface area contributed by atoms with Crippen LogP contribution in [0.15, 0.2) is 35.3 Å². The van der Waals surface area contributed by atoms with Crippen molar-refractivity contribution in [3.05, 3.63) is 35.9 Å². The number of nitrogens with zero attached hydrogens (tertiary/aromatic N) is 1. The molecular weight excluding hydrogens is 178 g/mol. The Kier molecular flexibility index (Phi) is 5.63. The van der Waals surface area contributed by atoms with Crippen molar-refractivity contribution < 1.29 is 9.47 Å². The number of aliphatic imine (C=N–C) groups is 1. The third-order valence-electron chi connectivity index (χ3n) is 1.61. The van der Waals surface area contributed by atoms with Crippen molar-refractivity contribution >= 4 is 6.21 Å². The molecule has 0 N–H and O–H groups in total. The number of hydrogen-bond donors (Lipinski definition) is 0. The van der Waals surface area contributed by atoms with Gasteiger partial charge in [0.15, 0.2) is 0 Å². The van der Waals surface area contributed by atoms with E-state index < -0.39 is 0 Å². The van der Waals surface area contributed by atoms with Crippen LogP contribution in [0.1, 0.15) is 5.56 Å². The van der Waals surface area contributed by atoms with Gasteiger partial charge in [-0.1, -0.05) is 30.3 Å². The lowest BCUT2D eigenvalue weighted by Gasteiger charge is -1.98. The van der Waals surface area contributed by atoms with Gasteiger partial charge in [-0.2, -0.15) is 0 Å². The van der Waals surface area contributed by atoms with Gasteiger partial charge in [0.05, 0.1) is 13.2 Å². The second kappa shape index (κ2) is 7.24. The van der Waals surface area contributed by atoms with Gasteiger partial charge >= 0.3 is 0 Å². The maximum Gasteiger partial charge on any atom is 0.146 e. The van der Waals surface area contributed by atoms with Gasteiger partial charge < -0.3 is 9.47 Å². The molecule has 14 heavy (non-hydrogen) atoms. The summed E-state index contributed by atoms with van der Waals surface area (Å²) >= 11 is 0. The zero-order valence-corrected chi connectivity index (χ0v) is 8.35. The van der Waals surface area contributed by atoms with Gasteiger partial charge in [-0.3, -0.25) is 4.99 Å². The van der Waals surface area contributed by atoms with Crippen LogP contribution in [0.3, 0.4) is 0 Å². The highest BCUT2D eigenvalue weighted by Gasteiger charge is 1.85. The second-order valence-corrected chi connectivity index (χ2v) is 2.76. The molecular formula is C11H15NO2. The van der Waals surface area contributed by atoms with Crippen LogP contribution in [-0.2, 0) is 9.47 Å². The minimum atomic E-state index is 0.334. The predicted molar refractivity (Wildman–Crippen MR) is 56.7 cm³/mol. The fraction of sp³-hybridized carbons (Fsp3) is 0.364. The summed E-state index contributed by atoms with van der Waals surface area (Å²) in [6, 6.07) is 9.99. The molecule has 1 rings (SSSR count). The quantitative estimate of drug-likeness (QED) is 0.391. The Morgan fingerprint density at radius 3 is 2.79 bits per heavy atom. The Morgan fingerprint density at radius 2 is 2.07 bits per heavy atom. The van der Waals surface area contributed by atoms with E-state index in [1.54, 1.807) is 7.11 Å². The fourth-order valence-electron chi connectivity index (χ4n) is 0.969. The summed E-state index contributed by atoms with van der Waals surface area (Å²) in [7, 11) is 1.60. The lowest BCUT2D eigenvalue weighted by Crippen LogP contribution is -2.01. The number of ether oxygens (including phenoxy) is 2. The molecule has 76 valence electrons. The summed E-state index contributed by atoms with van der Waals surface area (Å²) in [6.45, 7) is 1.59. The van der Waals surface area contributed by atoms with E-state index in [0.29, 0.717) is 19.9 Å². The largest absolute Gasteiger partial charge is 0.359 e. The zero-order chi connectivity index (χ0) is 10.1. The Balaban J connectivity index is 2.15.